The summed E-state index contributed by atoms with van der Waals surface area (Å²) < 4.78 is 29.4. The molecule has 0 aliphatic rings. The van der Waals surface area contributed by atoms with Crippen molar-refractivity contribution in [2.45, 2.75) is 18.4 Å². The summed E-state index contributed by atoms with van der Waals surface area (Å²) >= 11 is 7.76. The van der Waals surface area contributed by atoms with E-state index < -0.39 is 16.0 Å². The minimum Gasteiger partial charge on any atom is -0.456 e. The molecule has 3 aromatic rings. The van der Waals surface area contributed by atoms with Gasteiger partial charge in [0.2, 0.25) is 10.0 Å². The number of fused-ring (bicyclic) bond motifs is 1. The Kier molecular flexibility index (Phi) is 4.83. The van der Waals surface area contributed by atoms with Crippen molar-refractivity contribution in [2.24, 2.45) is 5.14 Å². The quantitative estimate of drug-likeness (QED) is 0.679. The standard InChI is InChI=1S/C17H14ClNO4S2/c1-10-6-7-11(8-15(10)25(19,21)22)17(20)23-9-14-16(18)12-4-2-3-5-13(12)24-14/h2-8H,9H2,1H3,(H2,19,21,22). The van der Waals surface area contributed by atoms with Crippen molar-refractivity contribution in [1.82, 2.24) is 0 Å². The molecule has 0 aliphatic heterocycles. The maximum absolute atomic E-state index is 12.2. The number of halogens is 1. The van der Waals surface area contributed by atoms with E-state index in [1.807, 2.05) is 24.3 Å². The number of benzene rings is 2. The molecule has 2 aromatic carbocycles. The molecule has 2 N–H and O–H groups in total. The van der Waals surface area contributed by atoms with Gasteiger partial charge in [0.05, 0.1) is 20.4 Å². The van der Waals surface area contributed by atoms with Crippen LogP contribution in [0, 0.1) is 6.92 Å². The average Bonchev–Trinajstić information content (AvgIpc) is 2.88. The number of thiophene rings is 1. The Bertz CT molecular complexity index is 1070. The zero-order valence-electron chi connectivity index (χ0n) is 13.2. The monoisotopic (exact) mass is 395 g/mol. The highest BCUT2D eigenvalue weighted by atomic mass is 35.5. The van der Waals surface area contributed by atoms with Crippen molar-refractivity contribution in [3.05, 3.63) is 63.5 Å². The van der Waals surface area contributed by atoms with Gasteiger partial charge in [0.15, 0.2) is 0 Å². The Morgan fingerprint density at radius 3 is 2.64 bits per heavy atom. The van der Waals surface area contributed by atoms with Crippen LogP contribution in [0.5, 0.6) is 0 Å². The van der Waals surface area contributed by atoms with Gasteiger partial charge in [-0.15, -0.1) is 11.3 Å². The zero-order valence-corrected chi connectivity index (χ0v) is 15.5. The molecular formula is C17H14ClNO4S2. The first kappa shape index (κ1) is 17.9. The molecule has 25 heavy (non-hydrogen) atoms. The van der Waals surface area contributed by atoms with Gasteiger partial charge in [-0.05, 0) is 30.7 Å². The Morgan fingerprint density at radius 2 is 1.96 bits per heavy atom. The predicted octanol–water partition coefficient (Wildman–Crippen LogP) is 3.87. The van der Waals surface area contributed by atoms with Crippen LogP contribution >= 0.6 is 22.9 Å². The molecule has 0 bridgehead atoms. The van der Waals surface area contributed by atoms with E-state index in [-0.39, 0.29) is 17.1 Å². The summed E-state index contributed by atoms with van der Waals surface area (Å²) in [4.78, 5) is 12.9. The van der Waals surface area contributed by atoms with Crippen LogP contribution in [0.3, 0.4) is 0 Å². The summed E-state index contributed by atoms with van der Waals surface area (Å²) in [5.41, 5.74) is 0.582. The molecule has 0 saturated carbocycles. The van der Waals surface area contributed by atoms with E-state index in [9.17, 15) is 13.2 Å². The third kappa shape index (κ3) is 3.69. The third-order valence-corrected chi connectivity index (χ3v) is 6.41. The van der Waals surface area contributed by atoms with E-state index in [4.69, 9.17) is 21.5 Å². The van der Waals surface area contributed by atoms with Gasteiger partial charge in [0, 0.05) is 10.1 Å². The highest BCUT2D eigenvalue weighted by molar-refractivity contribution is 7.89. The average molecular weight is 396 g/mol. The number of nitrogens with two attached hydrogens (primary N) is 1. The van der Waals surface area contributed by atoms with Gasteiger partial charge in [-0.1, -0.05) is 35.9 Å². The third-order valence-electron chi connectivity index (χ3n) is 3.67. The van der Waals surface area contributed by atoms with Gasteiger partial charge < -0.3 is 4.74 Å². The summed E-state index contributed by atoms with van der Waals surface area (Å²) in [5.74, 6) is -0.640. The lowest BCUT2D eigenvalue weighted by Crippen LogP contribution is -2.15. The minimum absolute atomic E-state index is 0.00952. The van der Waals surface area contributed by atoms with Crippen LogP contribution in [0.4, 0.5) is 0 Å². The topological polar surface area (TPSA) is 86.5 Å². The van der Waals surface area contributed by atoms with Crippen molar-refractivity contribution in [3.63, 3.8) is 0 Å². The largest absolute Gasteiger partial charge is 0.456 e. The summed E-state index contributed by atoms with van der Waals surface area (Å²) in [5, 5.41) is 6.63. The summed E-state index contributed by atoms with van der Waals surface area (Å²) in [6.45, 7) is 1.61. The Morgan fingerprint density at radius 1 is 1.24 bits per heavy atom. The lowest BCUT2D eigenvalue weighted by Gasteiger charge is -2.07. The van der Waals surface area contributed by atoms with E-state index in [0.29, 0.717) is 10.6 Å². The van der Waals surface area contributed by atoms with E-state index >= 15 is 0 Å². The van der Waals surface area contributed by atoms with Gasteiger partial charge in [0.1, 0.15) is 6.61 Å². The molecule has 1 heterocycles. The molecule has 0 fully saturated rings. The molecule has 0 aliphatic carbocycles. The summed E-state index contributed by atoms with van der Waals surface area (Å²) in [6.07, 6.45) is 0. The van der Waals surface area contributed by atoms with Crippen molar-refractivity contribution in [3.8, 4) is 0 Å². The summed E-state index contributed by atoms with van der Waals surface area (Å²) in [6, 6.07) is 11.9. The second-order valence-corrected chi connectivity index (χ2v) is 8.48. The number of primary sulfonamides is 1. The highest BCUT2D eigenvalue weighted by Crippen LogP contribution is 2.35. The first-order chi connectivity index (χ1) is 11.8. The first-order valence-corrected chi connectivity index (χ1v) is 9.98. The SMILES string of the molecule is Cc1ccc(C(=O)OCc2sc3ccccc3c2Cl)cc1S(N)(=O)=O. The van der Waals surface area contributed by atoms with Crippen LogP contribution in [-0.4, -0.2) is 14.4 Å². The van der Waals surface area contributed by atoms with Gasteiger partial charge >= 0.3 is 5.97 Å². The Hall–Kier alpha value is -1.93. The number of sulfonamides is 1. The molecule has 0 radical (unpaired) electrons. The van der Waals surface area contributed by atoms with Gasteiger partial charge in [-0.3, -0.25) is 0 Å². The Labute approximate surface area is 154 Å². The van der Waals surface area contributed by atoms with Gasteiger partial charge in [-0.25, -0.2) is 18.4 Å². The van der Waals surface area contributed by atoms with Crippen LogP contribution in [0.2, 0.25) is 5.02 Å². The van der Waals surface area contributed by atoms with E-state index in [1.165, 1.54) is 29.5 Å². The molecule has 0 spiro atoms. The van der Waals surface area contributed by atoms with E-state index in [1.54, 1.807) is 6.92 Å². The number of carbonyl (C=O) groups is 1. The van der Waals surface area contributed by atoms with Crippen LogP contribution < -0.4 is 5.14 Å². The normalized spacial score (nSPS) is 11.6. The molecular weight excluding hydrogens is 382 g/mol. The smallest absolute Gasteiger partial charge is 0.338 e. The lowest BCUT2D eigenvalue weighted by molar-refractivity contribution is 0.0476. The Balaban J connectivity index is 1.82. The molecule has 0 atom stereocenters. The van der Waals surface area contributed by atoms with Crippen molar-refractivity contribution >= 4 is 49.0 Å². The second kappa shape index (κ2) is 6.76. The number of esters is 1. The lowest BCUT2D eigenvalue weighted by atomic mass is 10.1. The van der Waals surface area contributed by atoms with Crippen LogP contribution in [0.1, 0.15) is 20.8 Å². The minimum atomic E-state index is -3.91. The van der Waals surface area contributed by atoms with Crippen molar-refractivity contribution in [1.29, 1.82) is 0 Å². The zero-order chi connectivity index (χ0) is 18.2. The van der Waals surface area contributed by atoms with E-state index in [2.05, 4.69) is 0 Å². The maximum Gasteiger partial charge on any atom is 0.338 e. The molecule has 0 amide bonds. The second-order valence-electron chi connectivity index (χ2n) is 5.44. The molecule has 8 heteroatoms. The fourth-order valence-corrected chi connectivity index (χ4v) is 4.61. The van der Waals surface area contributed by atoms with E-state index in [0.717, 1.165) is 15.0 Å². The number of aryl methyl sites for hydroxylation is 1. The number of hydrogen-bond acceptors (Lipinski definition) is 5. The van der Waals surface area contributed by atoms with Crippen LogP contribution in [0.15, 0.2) is 47.4 Å². The molecule has 3 rings (SSSR count). The maximum atomic E-state index is 12.2. The van der Waals surface area contributed by atoms with Crippen molar-refractivity contribution < 1.29 is 17.9 Å². The molecule has 5 nitrogen and oxygen atoms in total. The molecule has 130 valence electrons. The molecule has 0 saturated heterocycles. The van der Waals surface area contributed by atoms with Crippen LogP contribution in [0.25, 0.3) is 10.1 Å². The van der Waals surface area contributed by atoms with Crippen LogP contribution in [-0.2, 0) is 21.4 Å². The fourth-order valence-electron chi connectivity index (χ4n) is 2.41. The van der Waals surface area contributed by atoms with Gasteiger partial charge in [-0.2, -0.15) is 0 Å². The van der Waals surface area contributed by atoms with Crippen molar-refractivity contribution in [2.75, 3.05) is 0 Å². The van der Waals surface area contributed by atoms with Gasteiger partial charge in [0.25, 0.3) is 0 Å². The number of ether oxygens (including phenoxy) is 1. The fraction of sp³-hybridized carbons (Fsp3) is 0.118. The number of carbonyl (C=O) groups excluding carboxylic acids is 1. The first-order valence-electron chi connectivity index (χ1n) is 7.24. The molecule has 1 aromatic heterocycles. The molecule has 0 unspecified atom stereocenters. The summed E-state index contributed by atoms with van der Waals surface area (Å²) in [7, 11) is -3.91. The number of rotatable bonds is 4. The number of hydrogen-bond donors (Lipinski definition) is 1. The highest BCUT2D eigenvalue weighted by Gasteiger charge is 2.17. The predicted molar refractivity (Wildman–Crippen MR) is 98.5 cm³/mol.